The number of aliphatic hydroxyl groups is 2. The minimum absolute atomic E-state index is 0.186. The maximum absolute atomic E-state index is 8.95. The lowest BCUT2D eigenvalue weighted by molar-refractivity contribution is 0.161. The summed E-state index contributed by atoms with van der Waals surface area (Å²) in [7, 11) is 0. The quantitative estimate of drug-likeness (QED) is 0.342. The molecule has 3 nitrogen and oxygen atoms in total. The van der Waals surface area contributed by atoms with Crippen molar-refractivity contribution in [3.05, 3.63) is 0 Å². The van der Waals surface area contributed by atoms with Crippen molar-refractivity contribution in [3.63, 3.8) is 0 Å². The summed E-state index contributed by atoms with van der Waals surface area (Å²) >= 11 is 2.06. The van der Waals surface area contributed by atoms with E-state index in [-0.39, 0.29) is 13.2 Å². The molecule has 0 aromatic carbocycles. The van der Waals surface area contributed by atoms with Crippen molar-refractivity contribution in [3.8, 4) is 0 Å². The lowest BCUT2D eigenvalue weighted by Crippen LogP contribution is -2.31. The van der Waals surface area contributed by atoms with E-state index in [4.69, 9.17) is 10.2 Å². The SMILES string of the molecule is CCCCCCCCCCCCSCCCN(CCO)CCO. The third-order valence-electron chi connectivity index (χ3n) is 4.24. The highest BCUT2D eigenvalue weighted by Gasteiger charge is 2.02. The fraction of sp³-hybridized carbons (Fsp3) is 1.00. The molecule has 0 aliphatic carbocycles. The van der Waals surface area contributed by atoms with Gasteiger partial charge in [-0.2, -0.15) is 11.8 Å². The van der Waals surface area contributed by atoms with Gasteiger partial charge >= 0.3 is 0 Å². The Morgan fingerprint density at radius 2 is 1.09 bits per heavy atom. The molecular formula is C19H41NO2S. The van der Waals surface area contributed by atoms with Crippen molar-refractivity contribution in [2.45, 2.75) is 77.6 Å². The largest absolute Gasteiger partial charge is 0.395 e. The van der Waals surface area contributed by atoms with E-state index in [9.17, 15) is 0 Å². The molecule has 0 rings (SSSR count). The van der Waals surface area contributed by atoms with E-state index >= 15 is 0 Å². The Kier molecular flexibility index (Phi) is 20.5. The predicted molar refractivity (Wildman–Crippen MR) is 104 cm³/mol. The molecule has 0 fully saturated rings. The second-order valence-electron chi connectivity index (χ2n) is 6.44. The van der Waals surface area contributed by atoms with Gasteiger partial charge in [-0.1, -0.05) is 64.7 Å². The Bertz CT molecular complexity index is 212. The molecule has 0 heterocycles. The minimum Gasteiger partial charge on any atom is -0.395 e. The van der Waals surface area contributed by atoms with Crippen LogP contribution < -0.4 is 0 Å². The molecule has 0 aliphatic rings. The van der Waals surface area contributed by atoms with Crippen molar-refractivity contribution in [2.75, 3.05) is 44.4 Å². The van der Waals surface area contributed by atoms with Crippen LogP contribution >= 0.6 is 11.8 Å². The molecule has 0 aromatic heterocycles. The molecule has 4 heteroatoms. The van der Waals surface area contributed by atoms with Crippen molar-refractivity contribution < 1.29 is 10.2 Å². The summed E-state index contributed by atoms with van der Waals surface area (Å²) in [6.45, 7) is 5.01. The molecule has 0 atom stereocenters. The third-order valence-corrected chi connectivity index (χ3v) is 5.39. The summed E-state index contributed by atoms with van der Waals surface area (Å²) in [5.74, 6) is 2.49. The average Bonchev–Trinajstić information content (AvgIpc) is 2.55. The fourth-order valence-electron chi connectivity index (χ4n) is 2.80. The van der Waals surface area contributed by atoms with Gasteiger partial charge in [0.05, 0.1) is 13.2 Å². The summed E-state index contributed by atoms with van der Waals surface area (Å²) in [6.07, 6.45) is 15.2. The molecule has 2 N–H and O–H groups in total. The molecule has 0 saturated carbocycles. The van der Waals surface area contributed by atoms with Gasteiger partial charge in [0.15, 0.2) is 0 Å². The standard InChI is InChI=1S/C19H41NO2S/c1-2-3-4-5-6-7-8-9-10-11-18-23-19-12-13-20(14-16-21)15-17-22/h21-22H,2-19H2,1H3. The second-order valence-corrected chi connectivity index (χ2v) is 7.66. The molecule has 0 aliphatic heterocycles. The van der Waals surface area contributed by atoms with Crippen LogP contribution in [-0.4, -0.2) is 59.5 Å². The van der Waals surface area contributed by atoms with Gasteiger partial charge in [0, 0.05) is 13.1 Å². The number of hydrogen-bond acceptors (Lipinski definition) is 4. The van der Waals surface area contributed by atoms with E-state index in [1.165, 1.54) is 75.7 Å². The Morgan fingerprint density at radius 3 is 1.61 bits per heavy atom. The van der Waals surface area contributed by atoms with E-state index in [2.05, 4.69) is 23.6 Å². The molecule has 0 aromatic rings. The molecular weight excluding hydrogens is 306 g/mol. The smallest absolute Gasteiger partial charge is 0.0558 e. The zero-order valence-corrected chi connectivity index (χ0v) is 16.3. The first-order chi connectivity index (χ1) is 11.3. The monoisotopic (exact) mass is 347 g/mol. The van der Waals surface area contributed by atoms with E-state index < -0.39 is 0 Å². The van der Waals surface area contributed by atoms with Crippen LogP contribution in [-0.2, 0) is 0 Å². The van der Waals surface area contributed by atoms with Crippen LogP contribution in [0.25, 0.3) is 0 Å². The lowest BCUT2D eigenvalue weighted by Gasteiger charge is -2.19. The van der Waals surface area contributed by atoms with Crippen LogP contribution in [0.5, 0.6) is 0 Å². The van der Waals surface area contributed by atoms with Crippen molar-refractivity contribution in [1.82, 2.24) is 4.90 Å². The van der Waals surface area contributed by atoms with Crippen LogP contribution in [0.4, 0.5) is 0 Å². The summed E-state index contributed by atoms with van der Waals surface area (Å²) in [6, 6.07) is 0. The van der Waals surface area contributed by atoms with E-state index in [0.29, 0.717) is 13.1 Å². The van der Waals surface area contributed by atoms with Gasteiger partial charge in [-0.15, -0.1) is 0 Å². The first-order valence-electron chi connectivity index (χ1n) is 9.87. The normalized spacial score (nSPS) is 11.5. The van der Waals surface area contributed by atoms with Crippen LogP contribution in [0.3, 0.4) is 0 Å². The Morgan fingerprint density at radius 1 is 0.609 bits per heavy atom. The molecule has 0 radical (unpaired) electrons. The molecule has 0 unspecified atom stereocenters. The number of nitrogens with zero attached hydrogens (tertiary/aromatic N) is 1. The lowest BCUT2D eigenvalue weighted by atomic mass is 10.1. The zero-order chi connectivity index (χ0) is 17.0. The summed E-state index contributed by atoms with van der Waals surface area (Å²) < 4.78 is 0. The number of unbranched alkanes of at least 4 members (excludes halogenated alkanes) is 9. The maximum Gasteiger partial charge on any atom is 0.0558 e. The third kappa shape index (κ3) is 18.4. The predicted octanol–water partition coefficient (Wildman–Crippen LogP) is 4.32. The Hall–Kier alpha value is 0.230. The zero-order valence-electron chi connectivity index (χ0n) is 15.5. The highest BCUT2D eigenvalue weighted by molar-refractivity contribution is 7.99. The van der Waals surface area contributed by atoms with Gasteiger partial charge in [-0.25, -0.2) is 0 Å². The van der Waals surface area contributed by atoms with E-state index in [0.717, 1.165) is 13.0 Å². The molecule has 0 spiro atoms. The minimum atomic E-state index is 0.186. The van der Waals surface area contributed by atoms with Gasteiger partial charge in [0.25, 0.3) is 0 Å². The molecule has 0 amide bonds. The van der Waals surface area contributed by atoms with Crippen LogP contribution in [0, 0.1) is 0 Å². The fourth-order valence-corrected chi connectivity index (χ4v) is 3.75. The molecule has 0 saturated heterocycles. The maximum atomic E-state index is 8.95. The van der Waals surface area contributed by atoms with E-state index in [1.807, 2.05) is 0 Å². The Labute approximate surface area is 149 Å². The average molecular weight is 348 g/mol. The first kappa shape index (κ1) is 23.2. The highest BCUT2D eigenvalue weighted by Crippen LogP contribution is 2.13. The van der Waals surface area contributed by atoms with Crippen molar-refractivity contribution >= 4 is 11.8 Å². The van der Waals surface area contributed by atoms with Gasteiger partial charge in [-0.05, 0) is 30.9 Å². The topological polar surface area (TPSA) is 43.7 Å². The second kappa shape index (κ2) is 20.3. The first-order valence-corrected chi connectivity index (χ1v) is 11.0. The summed E-state index contributed by atoms with van der Waals surface area (Å²) in [5.41, 5.74) is 0. The number of hydrogen-bond donors (Lipinski definition) is 2. The molecule has 140 valence electrons. The number of thioether (sulfide) groups is 1. The molecule has 0 bridgehead atoms. The van der Waals surface area contributed by atoms with Crippen molar-refractivity contribution in [1.29, 1.82) is 0 Å². The number of aliphatic hydroxyl groups excluding tert-OH is 2. The van der Waals surface area contributed by atoms with Gasteiger partial charge < -0.3 is 10.2 Å². The van der Waals surface area contributed by atoms with Gasteiger partial charge in [0.1, 0.15) is 0 Å². The van der Waals surface area contributed by atoms with Crippen LogP contribution in [0.2, 0.25) is 0 Å². The summed E-state index contributed by atoms with van der Waals surface area (Å²) in [5, 5.41) is 17.9. The van der Waals surface area contributed by atoms with Crippen molar-refractivity contribution in [2.24, 2.45) is 0 Å². The van der Waals surface area contributed by atoms with Crippen LogP contribution in [0.15, 0.2) is 0 Å². The van der Waals surface area contributed by atoms with Gasteiger partial charge in [-0.3, -0.25) is 4.90 Å². The summed E-state index contributed by atoms with van der Waals surface area (Å²) in [4.78, 5) is 2.14. The Balaban J connectivity index is 3.15. The van der Waals surface area contributed by atoms with E-state index in [1.54, 1.807) is 0 Å². The highest BCUT2D eigenvalue weighted by atomic mass is 32.2. The molecule has 23 heavy (non-hydrogen) atoms. The van der Waals surface area contributed by atoms with Crippen LogP contribution in [0.1, 0.15) is 77.6 Å². The van der Waals surface area contributed by atoms with Gasteiger partial charge in [0.2, 0.25) is 0 Å². The number of rotatable bonds is 19.